The van der Waals surface area contributed by atoms with Gasteiger partial charge in [0.25, 0.3) is 0 Å². The lowest BCUT2D eigenvalue weighted by Gasteiger charge is -2.12. The van der Waals surface area contributed by atoms with Crippen LogP contribution >= 0.6 is 11.3 Å². The fourth-order valence-corrected chi connectivity index (χ4v) is 2.43. The largest absolute Gasteiger partial charge is 0.467 e. The molecule has 0 aliphatic heterocycles. The number of methoxy groups -OCH3 is 1. The third kappa shape index (κ3) is 3.32. The van der Waals surface area contributed by atoms with Crippen LogP contribution in [0.25, 0.3) is 0 Å². The lowest BCUT2D eigenvalue weighted by Crippen LogP contribution is -2.11. The molecule has 1 unspecified atom stereocenters. The van der Waals surface area contributed by atoms with Crippen molar-refractivity contribution in [1.29, 1.82) is 0 Å². The second kappa shape index (κ2) is 6.47. The van der Waals surface area contributed by atoms with Gasteiger partial charge < -0.3 is 15.4 Å². The van der Waals surface area contributed by atoms with Gasteiger partial charge in [-0.15, -0.1) is 11.3 Å². The zero-order valence-corrected chi connectivity index (χ0v) is 12.8. The molecule has 0 aliphatic rings. The quantitative estimate of drug-likeness (QED) is 0.844. The van der Waals surface area contributed by atoms with E-state index in [0.29, 0.717) is 11.9 Å². The second-order valence-corrected chi connectivity index (χ2v) is 5.25. The van der Waals surface area contributed by atoms with Gasteiger partial charge >= 0.3 is 6.01 Å². The fraction of sp³-hybridized carbons (Fsp3) is 0.500. The maximum atomic E-state index is 5.05. The first-order chi connectivity index (χ1) is 9.66. The van der Waals surface area contributed by atoms with Crippen LogP contribution in [0.3, 0.4) is 0 Å². The Kier molecular flexibility index (Phi) is 4.67. The van der Waals surface area contributed by atoms with Crippen LogP contribution in [0, 0.1) is 0 Å². The van der Waals surface area contributed by atoms with Gasteiger partial charge in [-0.05, 0) is 13.3 Å². The Balaban J connectivity index is 2.15. The summed E-state index contributed by atoms with van der Waals surface area (Å²) in [6.07, 6.45) is 2.90. The van der Waals surface area contributed by atoms with E-state index in [9.17, 15) is 0 Å². The first kappa shape index (κ1) is 14.4. The van der Waals surface area contributed by atoms with Crippen LogP contribution in [-0.4, -0.2) is 34.1 Å². The van der Waals surface area contributed by atoms with Crippen molar-refractivity contribution in [2.75, 3.05) is 24.8 Å². The van der Waals surface area contributed by atoms with Gasteiger partial charge in [0, 0.05) is 18.1 Å². The van der Waals surface area contributed by atoms with Crippen LogP contribution < -0.4 is 15.4 Å². The van der Waals surface area contributed by atoms with Gasteiger partial charge in [-0.25, -0.2) is 4.98 Å². The number of rotatable bonds is 6. The molecule has 0 aromatic carbocycles. The maximum Gasteiger partial charge on any atom is 0.322 e. The van der Waals surface area contributed by atoms with Crippen molar-refractivity contribution < 1.29 is 4.74 Å². The first-order valence-electron chi connectivity index (χ1n) is 6.35. The SMILES string of the molecule is CCc1cnc(C(C)Nc2nc(NC)nc(OC)n2)s1. The van der Waals surface area contributed by atoms with Crippen molar-refractivity contribution in [3.8, 4) is 6.01 Å². The third-order valence-corrected chi connectivity index (χ3v) is 3.98. The van der Waals surface area contributed by atoms with Gasteiger partial charge in [0.2, 0.25) is 11.9 Å². The van der Waals surface area contributed by atoms with Crippen molar-refractivity contribution >= 4 is 23.2 Å². The summed E-state index contributed by atoms with van der Waals surface area (Å²) in [6, 6.07) is 0.296. The molecule has 0 saturated carbocycles. The number of nitrogens with zero attached hydrogens (tertiary/aromatic N) is 4. The molecule has 0 radical (unpaired) electrons. The number of nitrogens with one attached hydrogen (secondary N) is 2. The van der Waals surface area contributed by atoms with E-state index in [1.165, 1.54) is 12.0 Å². The summed E-state index contributed by atoms with van der Waals surface area (Å²) >= 11 is 1.69. The van der Waals surface area contributed by atoms with E-state index in [1.807, 2.05) is 13.1 Å². The van der Waals surface area contributed by atoms with Gasteiger partial charge in [0.1, 0.15) is 5.01 Å². The Morgan fingerprint density at radius 2 is 2.05 bits per heavy atom. The predicted molar refractivity (Wildman–Crippen MR) is 79.5 cm³/mol. The normalized spacial score (nSPS) is 12.0. The highest BCUT2D eigenvalue weighted by Gasteiger charge is 2.13. The van der Waals surface area contributed by atoms with Gasteiger partial charge in [0.15, 0.2) is 0 Å². The van der Waals surface area contributed by atoms with Gasteiger partial charge in [-0.3, -0.25) is 0 Å². The Hall–Kier alpha value is -1.96. The van der Waals surface area contributed by atoms with Gasteiger partial charge in [0.05, 0.1) is 13.2 Å². The van der Waals surface area contributed by atoms with Crippen LogP contribution in [-0.2, 0) is 6.42 Å². The topological polar surface area (TPSA) is 84.9 Å². The molecule has 0 saturated heterocycles. The summed E-state index contributed by atoms with van der Waals surface area (Å²) < 4.78 is 5.05. The lowest BCUT2D eigenvalue weighted by atomic mass is 10.3. The summed E-state index contributed by atoms with van der Waals surface area (Å²) in [6.45, 7) is 4.14. The van der Waals surface area contributed by atoms with Crippen molar-refractivity contribution in [3.63, 3.8) is 0 Å². The molecular formula is C12H18N6OS. The number of aryl methyl sites for hydroxylation is 1. The number of anilines is 2. The summed E-state index contributed by atoms with van der Waals surface area (Å²) in [7, 11) is 3.27. The number of hydrogen-bond donors (Lipinski definition) is 2. The molecule has 2 aromatic rings. The number of ether oxygens (including phenoxy) is 1. The molecule has 1 atom stereocenters. The highest BCUT2D eigenvalue weighted by Crippen LogP contribution is 2.23. The van der Waals surface area contributed by atoms with E-state index in [-0.39, 0.29) is 12.1 Å². The zero-order chi connectivity index (χ0) is 14.5. The molecule has 8 heteroatoms. The highest BCUT2D eigenvalue weighted by molar-refractivity contribution is 7.11. The standard InChI is InChI=1S/C12H18N6OS/c1-5-8-6-14-9(20-8)7(2)15-11-16-10(13-3)17-12(18-11)19-4/h6-7H,5H2,1-4H3,(H2,13,15,16,17,18). The van der Waals surface area contributed by atoms with Crippen molar-refractivity contribution in [2.24, 2.45) is 0 Å². The van der Waals surface area contributed by atoms with Crippen molar-refractivity contribution in [1.82, 2.24) is 19.9 Å². The molecule has 20 heavy (non-hydrogen) atoms. The predicted octanol–water partition coefficient (Wildman–Crippen LogP) is 2.11. The molecule has 0 aliphatic carbocycles. The van der Waals surface area contributed by atoms with Crippen LogP contribution in [0.1, 0.15) is 29.8 Å². The molecule has 7 nitrogen and oxygen atoms in total. The smallest absolute Gasteiger partial charge is 0.322 e. The summed E-state index contributed by atoms with van der Waals surface area (Å²) in [4.78, 5) is 18.1. The highest BCUT2D eigenvalue weighted by atomic mass is 32.1. The Labute approximate surface area is 121 Å². The monoisotopic (exact) mass is 294 g/mol. The molecule has 0 fully saturated rings. The Bertz CT molecular complexity index is 551. The maximum absolute atomic E-state index is 5.05. The van der Waals surface area contributed by atoms with E-state index < -0.39 is 0 Å². The molecule has 0 amide bonds. The molecule has 2 heterocycles. The average molecular weight is 294 g/mol. The van der Waals surface area contributed by atoms with Gasteiger partial charge in [-0.2, -0.15) is 15.0 Å². The molecule has 0 bridgehead atoms. The number of aromatic nitrogens is 4. The summed E-state index contributed by atoms with van der Waals surface area (Å²) in [5, 5.41) is 7.09. The lowest BCUT2D eigenvalue weighted by molar-refractivity contribution is 0.379. The molecule has 2 aromatic heterocycles. The van der Waals surface area contributed by atoms with Crippen LogP contribution in [0.15, 0.2) is 6.20 Å². The number of hydrogen-bond acceptors (Lipinski definition) is 8. The fourth-order valence-electron chi connectivity index (χ4n) is 1.57. The van der Waals surface area contributed by atoms with E-state index >= 15 is 0 Å². The zero-order valence-electron chi connectivity index (χ0n) is 12.0. The van der Waals surface area contributed by atoms with E-state index in [4.69, 9.17) is 4.74 Å². The summed E-state index contributed by atoms with van der Waals surface area (Å²) in [5.74, 6) is 0.918. The van der Waals surface area contributed by atoms with Crippen LogP contribution in [0.5, 0.6) is 6.01 Å². The number of thiazole rings is 1. The molecular weight excluding hydrogens is 276 g/mol. The summed E-state index contributed by atoms with van der Waals surface area (Å²) in [5.41, 5.74) is 0. The molecule has 108 valence electrons. The third-order valence-electron chi connectivity index (χ3n) is 2.66. The van der Waals surface area contributed by atoms with E-state index in [2.05, 4.69) is 37.5 Å². The van der Waals surface area contributed by atoms with Gasteiger partial charge in [-0.1, -0.05) is 6.92 Å². The first-order valence-corrected chi connectivity index (χ1v) is 7.16. The van der Waals surface area contributed by atoms with Crippen molar-refractivity contribution in [3.05, 3.63) is 16.1 Å². The Morgan fingerprint density at radius 1 is 1.30 bits per heavy atom. The van der Waals surface area contributed by atoms with Crippen LogP contribution in [0.4, 0.5) is 11.9 Å². The Morgan fingerprint density at radius 3 is 2.65 bits per heavy atom. The molecule has 2 N–H and O–H groups in total. The minimum absolute atomic E-state index is 0.0251. The molecule has 0 spiro atoms. The molecule has 2 rings (SSSR count). The van der Waals surface area contributed by atoms with Crippen molar-refractivity contribution in [2.45, 2.75) is 26.3 Å². The minimum atomic E-state index is 0.0251. The average Bonchev–Trinajstić information content (AvgIpc) is 2.95. The van der Waals surface area contributed by atoms with E-state index in [1.54, 1.807) is 18.4 Å². The van der Waals surface area contributed by atoms with Crippen LogP contribution in [0.2, 0.25) is 0 Å². The van der Waals surface area contributed by atoms with E-state index in [0.717, 1.165) is 11.4 Å². The minimum Gasteiger partial charge on any atom is -0.467 e. The second-order valence-electron chi connectivity index (χ2n) is 4.10.